The van der Waals surface area contributed by atoms with Crippen molar-refractivity contribution in [3.63, 3.8) is 0 Å². The Morgan fingerprint density at radius 2 is 1.22 bits per heavy atom. The average Bonchev–Trinajstić information content (AvgIpc) is 3.43. The van der Waals surface area contributed by atoms with Crippen LogP contribution in [0.4, 0.5) is 4.79 Å². The molecule has 2 rings (SSSR count). The maximum atomic E-state index is 11.8. The Hall–Kier alpha value is -1.41. The molecule has 2 aliphatic rings. The molecule has 3 N–H and O–H groups in total. The number of ether oxygens (including phenoxy) is 6. The standard InChI is InChI=1S/C23H40N2O7/c24-7-9-27-11-13-29-15-17-31-18-16-30-14-12-28-10-8-25-23(26)32-19-22-20-5-3-1-2-4-6-21(20)22/h20-22H,3-19,24H2,(H,25,26)/t20-,21+,22?. The Morgan fingerprint density at radius 3 is 1.72 bits per heavy atom. The van der Waals surface area contributed by atoms with Gasteiger partial charge in [-0.3, -0.25) is 0 Å². The van der Waals surface area contributed by atoms with Crippen molar-refractivity contribution in [1.29, 1.82) is 0 Å². The first kappa shape index (κ1) is 26.8. The zero-order valence-electron chi connectivity index (χ0n) is 19.2. The van der Waals surface area contributed by atoms with Gasteiger partial charge in [0, 0.05) is 25.9 Å². The molecule has 32 heavy (non-hydrogen) atoms. The van der Waals surface area contributed by atoms with Gasteiger partial charge in [0.2, 0.25) is 0 Å². The summed E-state index contributed by atoms with van der Waals surface area (Å²) in [7, 11) is 0. The monoisotopic (exact) mass is 456 g/mol. The molecule has 3 atom stereocenters. The van der Waals surface area contributed by atoms with E-state index in [4.69, 9.17) is 34.2 Å². The Morgan fingerprint density at radius 1 is 0.750 bits per heavy atom. The molecular formula is C23H40N2O7. The average molecular weight is 457 g/mol. The van der Waals surface area contributed by atoms with Gasteiger partial charge < -0.3 is 39.5 Å². The number of amides is 1. The van der Waals surface area contributed by atoms with Gasteiger partial charge in [-0.1, -0.05) is 0 Å². The van der Waals surface area contributed by atoms with Gasteiger partial charge in [-0.15, -0.1) is 11.8 Å². The molecule has 9 heteroatoms. The molecule has 0 aromatic rings. The molecule has 2 aliphatic carbocycles. The van der Waals surface area contributed by atoms with Crippen molar-refractivity contribution >= 4 is 6.09 Å². The summed E-state index contributed by atoms with van der Waals surface area (Å²) < 4.78 is 32.2. The molecule has 184 valence electrons. The number of carbonyl (C=O) groups excluding carboxylic acids is 1. The lowest BCUT2D eigenvalue weighted by Crippen LogP contribution is -2.29. The Labute approximate surface area is 191 Å². The molecule has 1 unspecified atom stereocenters. The number of fused-ring (bicyclic) bond motifs is 1. The molecule has 0 spiro atoms. The van der Waals surface area contributed by atoms with Gasteiger partial charge in [-0.05, 0) is 30.6 Å². The van der Waals surface area contributed by atoms with Gasteiger partial charge in [-0.2, -0.15) is 0 Å². The van der Waals surface area contributed by atoms with Crippen LogP contribution in [0.2, 0.25) is 0 Å². The molecular weight excluding hydrogens is 416 g/mol. The van der Waals surface area contributed by atoms with Gasteiger partial charge in [0.1, 0.15) is 0 Å². The first-order valence-corrected chi connectivity index (χ1v) is 11.8. The fourth-order valence-corrected chi connectivity index (χ4v) is 3.80. The maximum absolute atomic E-state index is 11.8. The predicted molar refractivity (Wildman–Crippen MR) is 119 cm³/mol. The van der Waals surface area contributed by atoms with E-state index in [1.54, 1.807) is 0 Å². The van der Waals surface area contributed by atoms with E-state index in [0.717, 1.165) is 25.7 Å². The lowest BCUT2D eigenvalue weighted by molar-refractivity contribution is -0.0103. The minimum atomic E-state index is -0.371. The molecule has 1 amide bonds. The van der Waals surface area contributed by atoms with E-state index < -0.39 is 0 Å². The van der Waals surface area contributed by atoms with E-state index in [0.29, 0.717) is 104 Å². The SMILES string of the molecule is NCCOCCOCCOCCOCCOCCNC(=O)OCC1[C@H]2CCC#CCC[C@@H]12. The van der Waals surface area contributed by atoms with E-state index >= 15 is 0 Å². The van der Waals surface area contributed by atoms with Gasteiger partial charge in [0.15, 0.2) is 0 Å². The molecule has 0 aromatic carbocycles. The van der Waals surface area contributed by atoms with Crippen LogP contribution in [-0.4, -0.2) is 91.9 Å². The van der Waals surface area contributed by atoms with Crippen LogP contribution >= 0.6 is 0 Å². The van der Waals surface area contributed by atoms with Gasteiger partial charge in [0.05, 0.1) is 72.7 Å². The lowest BCUT2D eigenvalue weighted by atomic mass is 10.1. The normalized spacial score (nSPS) is 21.6. The summed E-state index contributed by atoms with van der Waals surface area (Å²) in [5, 5.41) is 2.72. The van der Waals surface area contributed by atoms with Crippen LogP contribution in [0.1, 0.15) is 25.7 Å². The van der Waals surface area contributed by atoms with E-state index in [2.05, 4.69) is 17.2 Å². The van der Waals surface area contributed by atoms with Gasteiger partial charge >= 0.3 is 6.09 Å². The van der Waals surface area contributed by atoms with Crippen molar-refractivity contribution in [1.82, 2.24) is 5.32 Å². The lowest BCUT2D eigenvalue weighted by Gasteiger charge is -2.09. The third-order valence-electron chi connectivity index (χ3n) is 5.51. The third-order valence-corrected chi connectivity index (χ3v) is 5.51. The van der Waals surface area contributed by atoms with E-state index in [9.17, 15) is 4.79 Å². The van der Waals surface area contributed by atoms with Crippen molar-refractivity contribution < 1.29 is 33.2 Å². The Bertz CT molecular complexity index is 534. The summed E-state index contributed by atoms with van der Waals surface area (Å²) in [6.07, 6.45) is 3.84. The maximum Gasteiger partial charge on any atom is 0.407 e. The fraction of sp³-hybridized carbons (Fsp3) is 0.870. The predicted octanol–water partition coefficient (Wildman–Crippen LogP) is 1.19. The number of alkyl carbamates (subject to hydrolysis) is 1. The highest BCUT2D eigenvalue weighted by Crippen LogP contribution is 2.52. The highest BCUT2D eigenvalue weighted by molar-refractivity contribution is 5.67. The van der Waals surface area contributed by atoms with Crippen LogP contribution in [-0.2, 0) is 28.4 Å². The van der Waals surface area contributed by atoms with Crippen molar-refractivity contribution in [2.75, 3.05) is 85.8 Å². The second kappa shape index (κ2) is 18.1. The van der Waals surface area contributed by atoms with Crippen molar-refractivity contribution in [2.24, 2.45) is 23.5 Å². The molecule has 0 radical (unpaired) electrons. The van der Waals surface area contributed by atoms with Crippen molar-refractivity contribution in [3.05, 3.63) is 0 Å². The number of carbonyl (C=O) groups is 1. The first-order valence-electron chi connectivity index (χ1n) is 11.8. The number of hydrogen-bond donors (Lipinski definition) is 2. The second-order valence-corrected chi connectivity index (χ2v) is 7.80. The van der Waals surface area contributed by atoms with Crippen LogP contribution in [0.5, 0.6) is 0 Å². The summed E-state index contributed by atoms with van der Waals surface area (Å²) >= 11 is 0. The zero-order chi connectivity index (χ0) is 22.7. The van der Waals surface area contributed by atoms with E-state index in [1.165, 1.54) is 0 Å². The van der Waals surface area contributed by atoms with Crippen LogP contribution < -0.4 is 11.1 Å². The highest BCUT2D eigenvalue weighted by Gasteiger charge is 2.49. The van der Waals surface area contributed by atoms with E-state index in [-0.39, 0.29) is 6.09 Å². The largest absolute Gasteiger partial charge is 0.449 e. The smallest absolute Gasteiger partial charge is 0.407 e. The summed E-state index contributed by atoms with van der Waals surface area (Å²) in [6.45, 7) is 6.54. The van der Waals surface area contributed by atoms with Crippen LogP contribution in [0.3, 0.4) is 0 Å². The molecule has 0 saturated heterocycles. The summed E-state index contributed by atoms with van der Waals surface area (Å²) in [6, 6.07) is 0. The minimum absolute atomic E-state index is 0.371. The number of hydrogen-bond acceptors (Lipinski definition) is 8. The quantitative estimate of drug-likeness (QED) is 0.220. The highest BCUT2D eigenvalue weighted by atomic mass is 16.6. The van der Waals surface area contributed by atoms with Crippen LogP contribution in [0.15, 0.2) is 0 Å². The summed E-state index contributed by atoms with van der Waals surface area (Å²) in [5.74, 6) is 8.27. The summed E-state index contributed by atoms with van der Waals surface area (Å²) in [5.41, 5.74) is 5.32. The van der Waals surface area contributed by atoms with Crippen LogP contribution in [0, 0.1) is 29.6 Å². The fourth-order valence-electron chi connectivity index (χ4n) is 3.80. The number of nitrogens with one attached hydrogen (secondary N) is 1. The molecule has 1 saturated carbocycles. The molecule has 0 heterocycles. The van der Waals surface area contributed by atoms with Crippen molar-refractivity contribution in [3.8, 4) is 11.8 Å². The molecule has 0 aliphatic heterocycles. The molecule has 1 fully saturated rings. The summed E-state index contributed by atoms with van der Waals surface area (Å²) in [4.78, 5) is 11.8. The molecule has 9 nitrogen and oxygen atoms in total. The van der Waals surface area contributed by atoms with Gasteiger partial charge in [-0.25, -0.2) is 4.79 Å². The molecule has 0 aromatic heterocycles. The topological polar surface area (TPSA) is 111 Å². The number of rotatable bonds is 19. The first-order chi connectivity index (χ1) is 15.8. The van der Waals surface area contributed by atoms with Crippen LogP contribution in [0.25, 0.3) is 0 Å². The Kier molecular flexibility index (Phi) is 15.2. The zero-order valence-corrected chi connectivity index (χ0v) is 19.2. The molecule has 0 bridgehead atoms. The van der Waals surface area contributed by atoms with E-state index in [1.807, 2.05) is 0 Å². The third kappa shape index (κ3) is 12.6. The second-order valence-electron chi connectivity index (χ2n) is 7.80. The Balaban J connectivity index is 1.26. The van der Waals surface area contributed by atoms with Gasteiger partial charge in [0.25, 0.3) is 0 Å². The van der Waals surface area contributed by atoms with Crippen molar-refractivity contribution in [2.45, 2.75) is 25.7 Å². The minimum Gasteiger partial charge on any atom is -0.449 e. The number of nitrogens with two attached hydrogens (primary N) is 1.